The van der Waals surface area contributed by atoms with Crippen LogP contribution in [0.15, 0.2) is 18.2 Å². The highest BCUT2D eigenvalue weighted by atomic mass is 16.2. The summed E-state index contributed by atoms with van der Waals surface area (Å²) >= 11 is 0. The molecule has 0 aromatic heterocycles. The quantitative estimate of drug-likeness (QED) is 0.781. The van der Waals surface area contributed by atoms with Crippen LogP contribution >= 0.6 is 0 Å². The summed E-state index contributed by atoms with van der Waals surface area (Å²) in [5.74, 6) is -0.487. The Balaban J connectivity index is 2.97. The molecule has 0 fully saturated rings. The van der Waals surface area contributed by atoms with Crippen molar-refractivity contribution in [2.75, 3.05) is 18.8 Å². The largest absolute Gasteiger partial charge is 0.398 e. The Hall–Kier alpha value is -2.04. The van der Waals surface area contributed by atoms with Crippen molar-refractivity contribution in [1.82, 2.24) is 4.90 Å². The lowest BCUT2D eigenvalue weighted by Gasteiger charge is -2.23. The molecule has 1 aromatic carbocycles. The number of primary amides is 1. The molecule has 0 saturated carbocycles. The second-order valence-electron chi connectivity index (χ2n) is 5.12. The number of amides is 2. The lowest BCUT2D eigenvalue weighted by Crippen LogP contribution is -2.40. The summed E-state index contributed by atoms with van der Waals surface area (Å²) in [6, 6.07) is 5.13. The van der Waals surface area contributed by atoms with Crippen molar-refractivity contribution >= 4 is 17.5 Å². The first kappa shape index (κ1) is 15.0. The maximum atomic E-state index is 12.3. The van der Waals surface area contributed by atoms with Crippen LogP contribution in [-0.4, -0.2) is 29.8 Å². The minimum Gasteiger partial charge on any atom is -0.398 e. The fourth-order valence-corrected chi connectivity index (χ4v) is 1.80. The number of nitrogens with two attached hydrogens (primary N) is 2. The zero-order valence-electron chi connectivity index (χ0n) is 11.6. The van der Waals surface area contributed by atoms with E-state index in [4.69, 9.17) is 11.5 Å². The average molecular weight is 263 g/mol. The molecule has 0 saturated heterocycles. The van der Waals surface area contributed by atoms with Crippen LogP contribution in [0, 0.1) is 12.8 Å². The summed E-state index contributed by atoms with van der Waals surface area (Å²) in [7, 11) is 0. The van der Waals surface area contributed by atoms with E-state index >= 15 is 0 Å². The molecule has 0 spiro atoms. The Morgan fingerprint density at radius 2 is 1.95 bits per heavy atom. The highest BCUT2D eigenvalue weighted by molar-refractivity contribution is 5.97. The molecule has 104 valence electrons. The molecule has 1 aromatic rings. The number of benzene rings is 1. The van der Waals surface area contributed by atoms with Gasteiger partial charge in [-0.1, -0.05) is 19.9 Å². The van der Waals surface area contributed by atoms with Gasteiger partial charge >= 0.3 is 0 Å². The van der Waals surface area contributed by atoms with Gasteiger partial charge in [-0.25, -0.2) is 0 Å². The van der Waals surface area contributed by atoms with E-state index in [0.717, 1.165) is 5.56 Å². The predicted octanol–water partition coefficient (Wildman–Crippen LogP) is 1.16. The van der Waals surface area contributed by atoms with Crippen LogP contribution in [-0.2, 0) is 4.79 Å². The molecule has 0 radical (unpaired) electrons. The molecule has 4 N–H and O–H groups in total. The number of nitrogens with zero attached hydrogens (tertiary/aromatic N) is 1. The maximum absolute atomic E-state index is 12.3. The topological polar surface area (TPSA) is 89.4 Å². The van der Waals surface area contributed by atoms with Crippen molar-refractivity contribution in [3.05, 3.63) is 29.3 Å². The van der Waals surface area contributed by atoms with Gasteiger partial charge in [0.25, 0.3) is 5.91 Å². The summed E-state index contributed by atoms with van der Waals surface area (Å²) < 4.78 is 0. The second-order valence-corrected chi connectivity index (χ2v) is 5.12. The molecule has 0 aliphatic rings. The van der Waals surface area contributed by atoms with E-state index in [-0.39, 0.29) is 18.4 Å². The fraction of sp³-hybridized carbons (Fsp3) is 0.429. The van der Waals surface area contributed by atoms with Gasteiger partial charge in [0.2, 0.25) is 5.91 Å². The van der Waals surface area contributed by atoms with Crippen LogP contribution in [0.25, 0.3) is 0 Å². The second kappa shape index (κ2) is 6.22. The number of hydrogen-bond acceptors (Lipinski definition) is 3. The summed E-state index contributed by atoms with van der Waals surface area (Å²) in [6.45, 7) is 6.23. The normalized spacial score (nSPS) is 10.5. The van der Waals surface area contributed by atoms with Crippen molar-refractivity contribution in [3.63, 3.8) is 0 Å². The van der Waals surface area contributed by atoms with Gasteiger partial charge in [0.15, 0.2) is 0 Å². The van der Waals surface area contributed by atoms with E-state index in [9.17, 15) is 9.59 Å². The third-order valence-corrected chi connectivity index (χ3v) is 2.75. The van der Waals surface area contributed by atoms with E-state index in [2.05, 4.69) is 0 Å². The lowest BCUT2D eigenvalue weighted by molar-refractivity contribution is -0.118. The molecular formula is C14H21N3O2. The van der Waals surface area contributed by atoms with Crippen LogP contribution in [0.3, 0.4) is 0 Å². The van der Waals surface area contributed by atoms with Crippen molar-refractivity contribution in [2.45, 2.75) is 20.8 Å². The number of aryl methyl sites for hydroxylation is 1. The molecule has 0 aliphatic heterocycles. The van der Waals surface area contributed by atoms with Gasteiger partial charge in [-0.15, -0.1) is 0 Å². The van der Waals surface area contributed by atoms with E-state index < -0.39 is 5.91 Å². The molecule has 2 amide bonds. The van der Waals surface area contributed by atoms with Crippen LogP contribution in [0.2, 0.25) is 0 Å². The molecule has 5 heteroatoms. The van der Waals surface area contributed by atoms with Gasteiger partial charge < -0.3 is 16.4 Å². The van der Waals surface area contributed by atoms with Crippen LogP contribution in [0.5, 0.6) is 0 Å². The Morgan fingerprint density at radius 1 is 1.32 bits per heavy atom. The summed E-state index contributed by atoms with van der Waals surface area (Å²) in [5.41, 5.74) is 12.9. The van der Waals surface area contributed by atoms with Crippen LogP contribution in [0.1, 0.15) is 29.8 Å². The zero-order chi connectivity index (χ0) is 14.6. The average Bonchev–Trinajstić information content (AvgIpc) is 2.29. The van der Waals surface area contributed by atoms with Crippen molar-refractivity contribution in [3.8, 4) is 0 Å². The molecule has 0 heterocycles. The Bertz CT molecular complexity index is 484. The smallest absolute Gasteiger partial charge is 0.254 e. The van der Waals surface area contributed by atoms with Gasteiger partial charge in [0, 0.05) is 17.8 Å². The molecule has 5 nitrogen and oxygen atoms in total. The van der Waals surface area contributed by atoms with Gasteiger partial charge in [0.05, 0.1) is 6.54 Å². The van der Waals surface area contributed by atoms with E-state index in [1.54, 1.807) is 18.2 Å². The molecule has 19 heavy (non-hydrogen) atoms. The van der Waals surface area contributed by atoms with E-state index in [0.29, 0.717) is 17.8 Å². The molecule has 1 rings (SSSR count). The first-order valence-corrected chi connectivity index (χ1v) is 6.25. The minimum atomic E-state index is -0.519. The number of hydrogen-bond donors (Lipinski definition) is 2. The van der Waals surface area contributed by atoms with Gasteiger partial charge in [-0.2, -0.15) is 0 Å². The van der Waals surface area contributed by atoms with Gasteiger partial charge in [-0.05, 0) is 30.5 Å². The highest BCUT2D eigenvalue weighted by Crippen LogP contribution is 2.15. The minimum absolute atomic E-state index is 0.0786. The van der Waals surface area contributed by atoms with Gasteiger partial charge in [-0.3, -0.25) is 9.59 Å². The monoisotopic (exact) mass is 263 g/mol. The number of carbonyl (C=O) groups excluding carboxylic acids is 2. The summed E-state index contributed by atoms with van der Waals surface area (Å²) in [6.07, 6.45) is 0. The fourth-order valence-electron chi connectivity index (χ4n) is 1.80. The van der Waals surface area contributed by atoms with Crippen molar-refractivity contribution in [1.29, 1.82) is 0 Å². The van der Waals surface area contributed by atoms with E-state index in [1.807, 2.05) is 20.8 Å². The molecular weight excluding hydrogens is 242 g/mol. The van der Waals surface area contributed by atoms with Crippen molar-refractivity contribution in [2.24, 2.45) is 11.7 Å². The Labute approximate surface area is 113 Å². The molecule has 0 atom stereocenters. The zero-order valence-corrected chi connectivity index (χ0v) is 11.6. The standard InChI is InChI=1S/C14H21N3O2/c1-9(2)7-17(8-13(16)18)14(19)11-5-4-10(3)12(15)6-11/h4-6,9H,7-8,15H2,1-3H3,(H2,16,18). The lowest BCUT2D eigenvalue weighted by atomic mass is 10.1. The number of nitrogen functional groups attached to an aromatic ring is 1. The van der Waals surface area contributed by atoms with E-state index in [1.165, 1.54) is 4.90 Å². The molecule has 0 aliphatic carbocycles. The Morgan fingerprint density at radius 3 is 2.42 bits per heavy atom. The van der Waals surface area contributed by atoms with Crippen molar-refractivity contribution < 1.29 is 9.59 Å². The molecule has 0 unspecified atom stereocenters. The van der Waals surface area contributed by atoms with Crippen LogP contribution < -0.4 is 11.5 Å². The number of carbonyl (C=O) groups is 2. The third kappa shape index (κ3) is 4.28. The van der Waals surface area contributed by atoms with Gasteiger partial charge in [0.1, 0.15) is 0 Å². The molecule has 0 bridgehead atoms. The predicted molar refractivity (Wildman–Crippen MR) is 75.5 cm³/mol. The first-order chi connectivity index (χ1) is 8.81. The maximum Gasteiger partial charge on any atom is 0.254 e. The number of rotatable bonds is 5. The van der Waals surface area contributed by atoms with Crippen LogP contribution in [0.4, 0.5) is 5.69 Å². The first-order valence-electron chi connectivity index (χ1n) is 6.25. The summed E-state index contributed by atoms with van der Waals surface area (Å²) in [5, 5.41) is 0. The number of anilines is 1. The third-order valence-electron chi connectivity index (χ3n) is 2.75. The highest BCUT2D eigenvalue weighted by Gasteiger charge is 2.19. The summed E-state index contributed by atoms with van der Waals surface area (Å²) in [4.78, 5) is 24.8. The Kier molecular flexibility index (Phi) is 4.92. The SMILES string of the molecule is Cc1ccc(C(=O)N(CC(N)=O)CC(C)C)cc1N.